The van der Waals surface area contributed by atoms with E-state index in [1.54, 1.807) is 14.2 Å². The van der Waals surface area contributed by atoms with E-state index in [0.717, 1.165) is 41.3 Å². The highest BCUT2D eigenvalue weighted by atomic mass is 35.5. The molecule has 2 aromatic carbocycles. The van der Waals surface area contributed by atoms with E-state index in [9.17, 15) is 9.18 Å². The van der Waals surface area contributed by atoms with Gasteiger partial charge in [0.15, 0.2) is 6.54 Å². The van der Waals surface area contributed by atoms with E-state index in [1.807, 2.05) is 18.2 Å². The number of rotatable bonds is 6. The van der Waals surface area contributed by atoms with E-state index < -0.39 is 5.82 Å². The first-order chi connectivity index (χ1) is 13.0. The maximum Gasteiger partial charge on any atom is 0.279 e. The minimum atomic E-state index is -0.504. The van der Waals surface area contributed by atoms with Crippen LogP contribution in [-0.4, -0.2) is 33.2 Å². The second kappa shape index (κ2) is 8.59. The Balaban J connectivity index is 1.75. The quantitative estimate of drug-likeness (QED) is 0.793. The number of likely N-dealkylation sites (tertiary alicyclic amines) is 1. The zero-order valence-electron chi connectivity index (χ0n) is 15.4. The lowest BCUT2D eigenvalue weighted by molar-refractivity contribution is -0.910. The Kier molecular flexibility index (Phi) is 6.19. The van der Waals surface area contributed by atoms with Crippen LogP contribution in [0.4, 0.5) is 10.1 Å². The Hall–Kier alpha value is -2.31. The molecular weight excluding hydrogens is 371 g/mol. The van der Waals surface area contributed by atoms with Gasteiger partial charge in [-0.15, -0.1) is 0 Å². The van der Waals surface area contributed by atoms with Crippen LogP contribution in [-0.2, 0) is 4.79 Å². The van der Waals surface area contributed by atoms with E-state index in [0.29, 0.717) is 5.02 Å². The minimum absolute atomic E-state index is 0.0987. The maximum atomic E-state index is 13.9. The zero-order valence-corrected chi connectivity index (χ0v) is 16.1. The van der Waals surface area contributed by atoms with Crippen LogP contribution in [0.25, 0.3) is 0 Å². The molecule has 27 heavy (non-hydrogen) atoms. The number of carbonyl (C=O) groups is 1. The number of quaternary nitrogens is 1. The average molecular weight is 394 g/mol. The number of amides is 1. The van der Waals surface area contributed by atoms with Crippen LogP contribution >= 0.6 is 11.6 Å². The van der Waals surface area contributed by atoms with Gasteiger partial charge in [-0.2, -0.15) is 0 Å². The predicted octanol–water partition coefficient (Wildman–Crippen LogP) is 2.85. The number of hydrogen-bond donors (Lipinski definition) is 2. The summed E-state index contributed by atoms with van der Waals surface area (Å²) in [4.78, 5) is 13.6. The van der Waals surface area contributed by atoms with Gasteiger partial charge in [-0.05, 0) is 36.4 Å². The van der Waals surface area contributed by atoms with Crippen molar-refractivity contribution in [2.45, 2.75) is 18.9 Å². The molecule has 1 aliphatic heterocycles. The highest BCUT2D eigenvalue weighted by Gasteiger charge is 2.34. The van der Waals surface area contributed by atoms with Gasteiger partial charge >= 0.3 is 0 Å². The van der Waals surface area contributed by atoms with Crippen LogP contribution in [0.2, 0.25) is 5.02 Å². The van der Waals surface area contributed by atoms with E-state index in [2.05, 4.69) is 5.32 Å². The molecule has 1 fully saturated rings. The van der Waals surface area contributed by atoms with Gasteiger partial charge < -0.3 is 19.7 Å². The summed E-state index contributed by atoms with van der Waals surface area (Å²) in [6, 6.07) is 9.91. The van der Waals surface area contributed by atoms with Crippen molar-refractivity contribution in [3.63, 3.8) is 0 Å². The van der Waals surface area contributed by atoms with Crippen LogP contribution in [0.5, 0.6) is 11.5 Å². The highest BCUT2D eigenvalue weighted by molar-refractivity contribution is 6.30. The van der Waals surface area contributed by atoms with Crippen LogP contribution in [0, 0.1) is 5.82 Å². The van der Waals surface area contributed by atoms with Gasteiger partial charge in [0.05, 0.1) is 32.0 Å². The van der Waals surface area contributed by atoms with Crippen LogP contribution < -0.4 is 19.7 Å². The van der Waals surface area contributed by atoms with Gasteiger partial charge in [0.25, 0.3) is 5.91 Å². The number of ether oxygens (including phenoxy) is 2. The van der Waals surface area contributed by atoms with Gasteiger partial charge in [0.1, 0.15) is 23.4 Å². The Morgan fingerprint density at radius 3 is 2.81 bits per heavy atom. The maximum absolute atomic E-state index is 13.9. The molecule has 144 valence electrons. The summed E-state index contributed by atoms with van der Waals surface area (Å²) in [6.45, 7) is 1.09. The first-order valence-corrected chi connectivity index (χ1v) is 9.21. The van der Waals surface area contributed by atoms with Gasteiger partial charge in [-0.25, -0.2) is 4.39 Å². The fourth-order valence-electron chi connectivity index (χ4n) is 3.60. The second-order valence-corrected chi connectivity index (χ2v) is 7.00. The summed E-state index contributed by atoms with van der Waals surface area (Å²) in [5, 5.41) is 3.00. The first kappa shape index (κ1) is 19.5. The Morgan fingerprint density at radius 2 is 2.07 bits per heavy atom. The highest BCUT2D eigenvalue weighted by Crippen LogP contribution is 2.31. The van der Waals surface area contributed by atoms with Gasteiger partial charge in [0.2, 0.25) is 0 Å². The van der Waals surface area contributed by atoms with Crippen molar-refractivity contribution in [1.29, 1.82) is 0 Å². The van der Waals surface area contributed by atoms with Crippen LogP contribution in [0.3, 0.4) is 0 Å². The number of methoxy groups -OCH3 is 2. The third-order valence-electron chi connectivity index (χ3n) is 4.89. The fraction of sp³-hybridized carbons (Fsp3) is 0.350. The molecule has 2 atom stereocenters. The summed E-state index contributed by atoms with van der Waals surface area (Å²) < 4.78 is 24.7. The van der Waals surface area contributed by atoms with Gasteiger partial charge in [0, 0.05) is 17.9 Å². The monoisotopic (exact) mass is 393 g/mol. The predicted molar refractivity (Wildman–Crippen MR) is 102 cm³/mol. The molecule has 1 unspecified atom stereocenters. The number of benzene rings is 2. The van der Waals surface area contributed by atoms with Crippen LogP contribution in [0.15, 0.2) is 36.4 Å². The van der Waals surface area contributed by atoms with E-state index in [-0.39, 0.29) is 24.2 Å². The molecule has 0 spiro atoms. The molecule has 1 aliphatic rings. The van der Waals surface area contributed by atoms with Gasteiger partial charge in [-0.1, -0.05) is 11.6 Å². The smallest absolute Gasteiger partial charge is 0.279 e. The summed E-state index contributed by atoms with van der Waals surface area (Å²) >= 11 is 5.89. The lowest BCUT2D eigenvalue weighted by Crippen LogP contribution is -3.11. The third kappa shape index (κ3) is 4.51. The standard InChI is InChI=1S/C20H22ClFN2O3/c1-26-14-6-8-19(27-2)15(11-14)18-4-3-9-24(18)12-20(25)23-17-10-13(21)5-7-16(17)22/h5-8,10-11,18H,3-4,9,12H2,1-2H3,(H,23,25)/p+1/t18-/m1/s1. The number of nitrogens with one attached hydrogen (secondary N) is 2. The largest absolute Gasteiger partial charge is 0.497 e. The summed E-state index contributed by atoms with van der Waals surface area (Å²) in [5.74, 6) is 0.777. The molecule has 3 rings (SSSR count). The van der Waals surface area contributed by atoms with Crippen molar-refractivity contribution in [2.24, 2.45) is 0 Å². The second-order valence-electron chi connectivity index (χ2n) is 6.56. The molecule has 1 amide bonds. The number of carbonyl (C=O) groups excluding carboxylic acids is 1. The van der Waals surface area contributed by atoms with Gasteiger partial charge in [-0.3, -0.25) is 4.79 Å². The number of hydrogen-bond acceptors (Lipinski definition) is 3. The molecule has 1 saturated heterocycles. The van der Waals surface area contributed by atoms with Crippen molar-refractivity contribution in [3.8, 4) is 11.5 Å². The first-order valence-electron chi connectivity index (χ1n) is 8.83. The molecule has 0 aromatic heterocycles. The van der Waals surface area contributed by atoms with Crippen molar-refractivity contribution >= 4 is 23.2 Å². The normalized spacial score (nSPS) is 19.0. The van der Waals surface area contributed by atoms with Crippen molar-refractivity contribution < 1.29 is 23.6 Å². The summed E-state index contributed by atoms with van der Waals surface area (Å²) in [5.41, 5.74) is 1.12. The SMILES string of the molecule is COc1ccc(OC)c([C@H]2CCC[NH+]2CC(=O)Nc2cc(Cl)ccc2F)c1. The average Bonchev–Trinajstić information content (AvgIpc) is 3.11. The molecule has 0 radical (unpaired) electrons. The molecular formula is C20H23ClFN2O3+. The lowest BCUT2D eigenvalue weighted by Gasteiger charge is -2.23. The Morgan fingerprint density at radius 1 is 1.26 bits per heavy atom. The molecule has 1 heterocycles. The van der Waals surface area contributed by atoms with Crippen molar-refractivity contribution in [2.75, 3.05) is 32.6 Å². The molecule has 2 N–H and O–H groups in total. The molecule has 0 saturated carbocycles. The van der Waals surface area contributed by atoms with E-state index in [4.69, 9.17) is 21.1 Å². The molecule has 5 nitrogen and oxygen atoms in total. The van der Waals surface area contributed by atoms with Crippen LogP contribution in [0.1, 0.15) is 24.4 Å². The summed E-state index contributed by atoms with van der Waals surface area (Å²) in [7, 11) is 3.26. The topological polar surface area (TPSA) is 52.0 Å². The third-order valence-corrected chi connectivity index (χ3v) is 5.12. The lowest BCUT2D eigenvalue weighted by atomic mass is 10.0. The molecule has 2 aromatic rings. The number of anilines is 1. The zero-order chi connectivity index (χ0) is 19.4. The summed E-state index contributed by atoms with van der Waals surface area (Å²) in [6.07, 6.45) is 1.94. The molecule has 0 bridgehead atoms. The minimum Gasteiger partial charge on any atom is -0.497 e. The Bertz CT molecular complexity index is 831. The fourth-order valence-corrected chi connectivity index (χ4v) is 3.78. The van der Waals surface area contributed by atoms with Crippen molar-refractivity contribution in [1.82, 2.24) is 0 Å². The number of halogens is 2. The Labute approximate surface area is 163 Å². The van der Waals surface area contributed by atoms with E-state index >= 15 is 0 Å². The van der Waals surface area contributed by atoms with E-state index in [1.165, 1.54) is 18.2 Å². The van der Waals surface area contributed by atoms with Crippen molar-refractivity contribution in [3.05, 3.63) is 52.8 Å². The molecule has 7 heteroatoms. The molecule has 0 aliphatic carbocycles.